The smallest absolute Gasteiger partial charge is 0.347 e. The van der Waals surface area contributed by atoms with Crippen molar-refractivity contribution < 1.29 is 23.1 Å². The Labute approximate surface area is 133 Å². The number of hydrogen-bond acceptors (Lipinski definition) is 5. The first-order valence-corrected chi connectivity index (χ1v) is 9.17. The maximum atomic E-state index is 12.5. The minimum atomic E-state index is -3.84. The molecule has 9 heteroatoms. The zero-order chi connectivity index (χ0) is 16.5. The van der Waals surface area contributed by atoms with Gasteiger partial charge >= 0.3 is 5.97 Å². The van der Waals surface area contributed by atoms with Crippen LogP contribution in [-0.2, 0) is 14.8 Å². The molecule has 7 nitrogen and oxygen atoms in total. The van der Waals surface area contributed by atoms with Crippen LogP contribution in [0, 0.1) is 5.92 Å². The van der Waals surface area contributed by atoms with Crippen LogP contribution in [0.25, 0.3) is 0 Å². The van der Waals surface area contributed by atoms with Crippen LogP contribution in [0.1, 0.15) is 23.5 Å². The fraction of sp³-hybridized carbons (Fsp3) is 0.538. The third-order valence-corrected chi connectivity index (χ3v) is 6.46. The molecule has 0 saturated carbocycles. The molecule has 1 aromatic heterocycles. The minimum absolute atomic E-state index is 0.00111. The van der Waals surface area contributed by atoms with E-state index in [4.69, 9.17) is 5.11 Å². The van der Waals surface area contributed by atoms with Gasteiger partial charge in [-0.05, 0) is 11.4 Å². The number of sulfonamides is 1. The molecule has 1 aromatic rings. The van der Waals surface area contributed by atoms with Gasteiger partial charge in [-0.1, -0.05) is 13.8 Å². The van der Waals surface area contributed by atoms with Gasteiger partial charge in [0.1, 0.15) is 9.77 Å². The molecule has 0 bridgehead atoms. The van der Waals surface area contributed by atoms with Crippen LogP contribution < -0.4 is 0 Å². The van der Waals surface area contributed by atoms with Crippen LogP contribution in [-0.4, -0.2) is 60.8 Å². The lowest BCUT2D eigenvalue weighted by atomic mass is 10.2. The van der Waals surface area contributed by atoms with Gasteiger partial charge in [0.2, 0.25) is 15.9 Å². The molecule has 22 heavy (non-hydrogen) atoms. The zero-order valence-electron chi connectivity index (χ0n) is 12.4. The molecular formula is C13H18N2O5S2. The molecule has 0 unspecified atom stereocenters. The second-order valence-corrected chi connectivity index (χ2v) is 8.13. The summed E-state index contributed by atoms with van der Waals surface area (Å²) in [6.07, 6.45) is 0. The summed E-state index contributed by atoms with van der Waals surface area (Å²) in [5.41, 5.74) is 0. The fourth-order valence-corrected chi connectivity index (χ4v) is 4.97. The van der Waals surface area contributed by atoms with E-state index in [9.17, 15) is 18.0 Å². The van der Waals surface area contributed by atoms with Crippen molar-refractivity contribution in [3.63, 3.8) is 0 Å². The molecule has 0 atom stereocenters. The second-order valence-electron chi connectivity index (χ2n) is 5.30. The van der Waals surface area contributed by atoms with E-state index in [1.807, 2.05) is 0 Å². The van der Waals surface area contributed by atoms with Gasteiger partial charge in [-0.3, -0.25) is 4.79 Å². The average molecular weight is 346 g/mol. The van der Waals surface area contributed by atoms with Crippen molar-refractivity contribution in [2.45, 2.75) is 18.7 Å². The van der Waals surface area contributed by atoms with Crippen LogP contribution >= 0.6 is 11.3 Å². The second kappa shape index (κ2) is 6.35. The molecule has 122 valence electrons. The average Bonchev–Trinajstić information content (AvgIpc) is 2.97. The van der Waals surface area contributed by atoms with Crippen molar-refractivity contribution in [2.24, 2.45) is 5.92 Å². The summed E-state index contributed by atoms with van der Waals surface area (Å²) >= 11 is 0.888. The van der Waals surface area contributed by atoms with E-state index in [1.54, 1.807) is 18.7 Å². The quantitative estimate of drug-likeness (QED) is 0.875. The standard InChI is InChI=1S/C13H18N2O5S2/c1-9(2)12(16)14-4-6-15(7-5-14)22(19,20)10-3-8-21-11(10)13(17)18/h3,8-9H,4-7H2,1-2H3,(H,17,18). The lowest BCUT2D eigenvalue weighted by Crippen LogP contribution is -2.51. The number of carbonyl (C=O) groups excluding carboxylic acids is 1. The molecule has 0 aromatic carbocycles. The number of piperazine rings is 1. The highest BCUT2D eigenvalue weighted by Crippen LogP contribution is 2.26. The van der Waals surface area contributed by atoms with Crippen molar-refractivity contribution in [3.05, 3.63) is 16.3 Å². The summed E-state index contributed by atoms with van der Waals surface area (Å²) in [4.78, 5) is 24.3. The molecular weight excluding hydrogens is 328 g/mol. The highest BCUT2D eigenvalue weighted by molar-refractivity contribution is 7.89. The van der Waals surface area contributed by atoms with E-state index < -0.39 is 16.0 Å². The number of hydrogen-bond donors (Lipinski definition) is 1. The van der Waals surface area contributed by atoms with E-state index in [1.165, 1.54) is 15.8 Å². The zero-order valence-corrected chi connectivity index (χ0v) is 14.0. The number of carboxylic acid groups (broad SMARTS) is 1. The maximum absolute atomic E-state index is 12.5. The lowest BCUT2D eigenvalue weighted by molar-refractivity contribution is -0.135. The molecule has 0 radical (unpaired) electrons. The van der Waals surface area contributed by atoms with Crippen molar-refractivity contribution >= 4 is 33.2 Å². The summed E-state index contributed by atoms with van der Waals surface area (Å²) in [7, 11) is -3.84. The Morgan fingerprint density at radius 2 is 1.82 bits per heavy atom. The number of carbonyl (C=O) groups is 2. The number of amides is 1. The predicted molar refractivity (Wildman–Crippen MR) is 81.5 cm³/mol. The van der Waals surface area contributed by atoms with Crippen molar-refractivity contribution in [1.29, 1.82) is 0 Å². The van der Waals surface area contributed by atoms with Gasteiger partial charge in [-0.25, -0.2) is 13.2 Å². The van der Waals surface area contributed by atoms with E-state index in [0.29, 0.717) is 13.1 Å². The summed E-state index contributed by atoms with van der Waals surface area (Å²) in [5.74, 6) is -1.38. The van der Waals surface area contributed by atoms with Crippen molar-refractivity contribution in [2.75, 3.05) is 26.2 Å². The monoisotopic (exact) mass is 346 g/mol. The number of thiophene rings is 1. The van der Waals surface area contributed by atoms with Crippen molar-refractivity contribution in [3.8, 4) is 0 Å². The lowest BCUT2D eigenvalue weighted by Gasteiger charge is -2.34. The molecule has 1 amide bonds. The molecule has 2 rings (SSSR count). The van der Waals surface area contributed by atoms with Gasteiger partial charge in [0.25, 0.3) is 0 Å². The fourth-order valence-electron chi connectivity index (χ4n) is 2.31. The molecule has 1 saturated heterocycles. The van der Waals surface area contributed by atoms with E-state index in [2.05, 4.69) is 0 Å². The van der Waals surface area contributed by atoms with Crippen LogP contribution in [0.2, 0.25) is 0 Å². The first-order chi connectivity index (χ1) is 10.2. The Morgan fingerprint density at radius 1 is 1.23 bits per heavy atom. The van der Waals surface area contributed by atoms with Gasteiger partial charge < -0.3 is 10.0 Å². The van der Waals surface area contributed by atoms with Crippen LogP contribution in [0.15, 0.2) is 16.3 Å². The van der Waals surface area contributed by atoms with Gasteiger partial charge in [-0.2, -0.15) is 4.31 Å². The Morgan fingerprint density at radius 3 is 2.32 bits per heavy atom. The largest absolute Gasteiger partial charge is 0.477 e. The SMILES string of the molecule is CC(C)C(=O)N1CCN(S(=O)(=O)c2ccsc2C(=O)O)CC1. The molecule has 2 heterocycles. The number of rotatable bonds is 4. The topological polar surface area (TPSA) is 95.0 Å². The molecule has 1 N–H and O–H groups in total. The first-order valence-electron chi connectivity index (χ1n) is 6.85. The first kappa shape index (κ1) is 16.9. The maximum Gasteiger partial charge on any atom is 0.347 e. The Hall–Kier alpha value is -1.45. The van der Waals surface area contributed by atoms with E-state index >= 15 is 0 Å². The van der Waals surface area contributed by atoms with Gasteiger partial charge in [0.15, 0.2) is 0 Å². The van der Waals surface area contributed by atoms with Gasteiger partial charge in [0, 0.05) is 32.1 Å². The molecule has 0 aliphatic carbocycles. The normalized spacial score (nSPS) is 17.0. The Bertz CT molecular complexity index is 672. The minimum Gasteiger partial charge on any atom is -0.477 e. The highest BCUT2D eigenvalue weighted by atomic mass is 32.2. The summed E-state index contributed by atoms with van der Waals surface area (Å²) in [5, 5.41) is 10.5. The highest BCUT2D eigenvalue weighted by Gasteiger charge is 2.33. The molecule has 1 aliphatic rings. The van der Waals surface area contributed by atoms with Crippen LogP contribution in [0.4, 0.5) is 0 Å². The summed E-state index contributed by atoms with van der Waals surface area (Å²) in [6.45, 7) is 4.60. The van der Waals surface area contributed by atoms with E-state index in [0.717, 1.165) is 11.3 Å². The summed E-state index contributed by atoms with van der Waals surface area (Å²) < 4.78 is 26.3. The number of carboxylic acids is 1. The third-order valence-electron chi connectivity index (χ3n) is 3.49. The van der Waals surface area contributed by atoms with Crippen LogP contribution in [0.3, 0.4) is 0 Å². The molecule has 1 aliphatic heterocycles. The molecule has 1 fully saturated rings. The number of nitrogens with zero attached hydrogens (tertiary/aromatic N) is 2. The Balaban J connectivity index is 2.15. The summed E-state index contributed by atoms with van der Waals surface area (Å²) in [6, 6.07) is 1.31. The third kappa shape index (κ3) is 3.16. The van der Waals surface area contributed by atoms with Crippen molar-refractivity contribution in [1.82, 2.24) is 9.21 Å². The Kier molecular flexibility index (Phi) is 4.88. The van der Waals surface area contributed by atoms with Gasteiger partial charge in [-0.15, -0.1) is 11.3 Å². The molecule has 0 spiro atoms. The van der Waals surface area contributed by atoms with Gasteiger partial charge in [0.05, 0.1) is 0 Å². The van der Waals surface area contributed by atoms with E-state index in [-0.39, 0.29) is 34.7 Å². The van der Waals surface area contributed by atoms with Crippen LogP contribution in [0.5, 0.6) is 0 Å². The number of aromatic carboxylic acids is 1. The predicted octanol–water partition coefficient (Wildman–Crippen LogP) is 0.935.